The average Bonchev–Trinajstić information content (AvgIpc) is 2.04. The third kappa shape index (κ3) is 3.47. The molecule has 0 saturated heterocycles. The molecule has 2 N–H and O–H groups in total. The predicted octanol–water partition coefficient (Wildman–Crippen LogP) is 2.10. The summed E-state index contributed by atoms with van der Waals surface area (Å²) < 4.78 is 0. The lowest BCUT2D eigenvalue weighted by molar-refractivity contribution is 0.164. The topological polar surface area (TPSA) is 40.5 Å². The molecular formula is C11H16O2. The molecule has 0 aliphatic carbocycles. The Morgan fingerprint density at radius 1 is 1.38 bits per heavy atom. The van der Waals surface area contributed by atoms with E-state index in [0.29, 0.717) is 6.42 Å². The second kappa shape index (κ2) is 4.87. The second-order valence-corrected chi connectivity index (χ2v) is 3.32. The van der Waals surface area contributed by atoms with E-state index in [4.69, 9.17) is 0 Å². The minimum atomic E-state index is -0.285. The largest absolute Gasteiger partial charge is 0.508 e. The molecule has 0 amide bonds. The number of aromatic hydroxyl groups is 1. The van der Waals surface area contributed by atoms with Gasteiger partial charge in [-0.1, -0.05) is 25.5 Å². The summed E-state index contributed by atoms with van der Waals surface area (Å²) in [5.74, 6) is 0.265. The summed E-state index contributed by atoms with van der Waals surface area (Å²) >= 11 is 0. The summed E-state index contributed by atoms with van der Waals surface area (Å²) in [6, 6.07) is 7.04. The van der Waals surface area contributed by atoms with Crippen LogP contribution in [-0.2, 0) is 6.42 Å². The van der Waals surface area contributed by atoms with E-state index < -0.39 is 0 Å². The molecule has 0 spiro atoms. The van der Waals surface area contributed by atoms with Gasteiger partial charge in [-0.25, -0.2) is 0 Å². The van der Waals surface area contributed by atoms with Crippen LogP contribution in [0.2, 0.25) is 0 Å². The first-order valence-electron chi connectivity index (χ1n) is 4.68. The Morgan fingerprint density at radius 2 is 2.15 bits per heavy atom. The maximum Gasteiger partial charge on any atom is 0.115 e. The molecule has 1 atom stereocenters. The Morgan fingerprint density at radius 3 is 2.77 bits per heavy atom. The minimum absolute atomic E-state index is 0.265. The number of hydrogen-bond acceptors (Lipinski definition) is 2. The maximum absolute atomic E-state index is 9.51. The molecule has 1 aromatic rings. The van der Waals surface area contributed by atoms with Crippen molar-refractivity contribution in [2.45, 2.75) is 32.3 Å². The number of rotatable bonds is 4. The third-order valence-corrected chi connectivity index (χ3v) is 2.00. The molecule has 0 unspecified atom stereocenters. The van der Waals surface area contributed by atoms with Gasteiger partial charge in [-0.05, 0) is 30.5 Å². The van der Waals surface area contributed by atoms with Gasteiger partial charge in [0.25, 0.3) is 0 Å². The lowest BCUT2D eigenvalue weighted by Gasteiger charge is -2.08. The van der Waals surface area contributed by atoms with Crippen molar-refractivity contribution in [1.82, 2.24) is 0 Å². The van der Waals surface area contributed by atoms with E-state index in [1.165, 1.54) is 0 Å². The van der Waals surface area contributed by atoms with Crippen molar-refractivity contribution >= 4 is 0 Å². The molecule has 1 rings (SSSR count). The van der Waals surface area contributed by atoms with Crippen molar-refractivity contribution in [2.24, 2.45) is 0 Å². The smallest absolute Gasteiger partial charge is 0.115 e. The first-order chi connectivity index (χ1) is 6.22. The van der Waals surface area contributed by atoms with Gasteiger partial charge in [0.15, 0.2) is 0 Å². The normalized spacial score (nSPS) is 12.8. The lowest BCUT2D eigenvalue weighted by Crippen LogP contribution is -2.09. The van der Waals surface area contributed by atoms with E-state index in [-0.39, 0.29) is 11.9 Å². The second-order valence-electron chi connectivity index (χ2n) is 3.32. The van der Waals surface area contributed by atoms with Gasteiger partial charge < -0.3 is 10.2 Å². The molecule has 2 heteroatoms. The molecule has 0 heterocycles. The molecule has 0 fully saturated rings. The van der Waals surface area contributed by atoms with Crippen molar-refractivity contribution < 1.29 is 10.2 Å². The van der Waals surface area contributed by atoms with Crippen molar-refractivity contribution in [3.63, 3.8) is 0 Å². The van der Waals surface area contributed by atoms with Gasteiger partial charge in [0.2, 0.25) is 0 Å². The molecule has 0 aliphatic rings. The van der Waals surface area contributed by atoms with Crippen LogP contribution < -0.4 is 0 Å². The van der Waals surface area contributed by atoms with Gasteiger partial charge in [0.05, 0.1) is 6.10 Å². The van der Waals surface area contributed by atoms with Crippen molar-refractivity contribution in [1.29, 1.82) is 0 Å². The molecular weight excluding hydrogens is 164 g/mol. The van der Waals surface area contributed by atoms with Crippen LogP contribution in [0.3, 0.4) is 0 Å². The van der Waals surface area contributed by atoms with E-state index in [9.17, 15) is 10.2 Å². The van der Waals surface area contributed by atoms with E-state index >= 15 is 0 Å². The zero-order chi connectivity index (χ0) is 9.68. The van der Waals surface area contributed by atoms with Crippen LogP contribution in [0, 0.1) is 0 Å². The zero-order valence-corrected chi connectivity index (χ0v) is 7.90. The Balaban J connectivity index is 2.53. The molecule has 13 heavy (non-hydrogen) atoms. The van der Waals surface area contributed by atoms with E-state index in [0.717, 1.165) is 18.4 Å². The quantitative estimate of drug-likeness (QED) is 0.745. The third-order valence-electron chi connectivity index (χ3n) is 2.00. The maximum atomic E-state index is 9.51. The molecule has 0 bridgehead atoms. The van der Waals surface area contributed by atoms with Gasteiger partial charge in [-0.2, -0.15) is 0 Å². The van der Waals surface area contributed by atoms with Crippen LogP contribution in [0.1, 0.15) is 25.3 Å². The highest BCUT2D eigenvalue weighted by Gasteiger charge is 2.04. The fourth-order valence-electron chi connectivity index (χ4n) is 1.39. The Bertz CT molecular complexity index is 258. The molecule has 2 nitrogen and oxygen atoms in total. The number of phenols is 1. The Kier molecular flexibility index (Phi) is 3.77. The Hall–Kier alpha value is -1.02. The van der Waals surface area contributed by atoms with Crippen molar-refractivity contribution in [2.75, 3.05) is 0 Å². The average molecular weight is 180 g/mol. The lowest BCUT2D eigenvalue weighted by atomic mass is 10.0. The van der Waals surface area contributed by atoms with E-state index in [1.807, 2.05) is 13.0 Å². The monoisotopic (exact) mass is 180 g/mol. The van der Waals surface area contributed by atoms with Crippen LogP contribution in [0.5, 0.6) is 5.75 Å². The summed E-state index contributed by atoms with van der Waals surface area (Å²) in [6.45, 7) is 2.05. The van der Waals surface area contributed by atoms with Gasteiger partial charge in [-0.15, -0.1) is 0 Å². The summed E-state index contributed by atoms with van der Waals surface area (Å²) in [7, 11) is 0. The van der Waals surface area contributed by atoms with Gasteiger partial charge in [0.1, 0.15) is 5.75 Å². The van der Waals surface area contributed by atoms with Gasteiger partial charge in [0, 0.05) is 0 Å². The van der Waals surface area contributed by atoms with E-state index in [1.54, 1.807) is 18.2 Å². The first kappa shape index (κ1) is 10.1. The summed E-state index contributed by atoms with van der Waals surface area (Å²) in [4.78, 5) is 0. The fourth-order valence-corrected chi connectivity index (χ4v) is 1.39. The summed E-state index contributed by atoms with van der Waals surface area (Å²) in [5, 5.41) is 18.7. The zero-order valence-electron chi connectivity index (χ0n) is 7.90. The SMILES string of the molecule is CCC[C@H](O)Cc1cccc(O)c1. The van der Waals surface area contributed by atoms with Crippen LogP contribution in [0.4, 0.5) is 0 Å². The van der Waals surface area contributed by atoms with Crippen LogP contribution >= 0.6 is 0 Å². The molecule has 0 aromatic heterocycles. The van der Waals surface area contributed by atoms with Gasteiger partial charge in [-0.3, -0.25) is 0 Å². The molecule has 0 saturated carbocycles. The predicted molar refractivity (Wildman–Crippen MR) is 52.7 cm³/mol. The van der Waals surface area contributed by atoms with Crippen molar-refractivity contribution in [3.8, 4) is 5.75 Å². The first-order valence-corrected chi connectivity index (χ1v) is 4.68. The van der Waals surface area contributed by atoms with Crippen LogP contribution in [-0.4, -0.2) is 16.3 Å². The highest BCUT2D eigenvalue weighted by atomic mass is 16.3. The summed E-state index contributed by atoms with van der Waals surface area (Å²) in [6.07, 6.45) is 2.14. The molecule has 1 aromatic carbocycles. The number of hydrogen-bond donors (Lipinski definition) is 2. The van der Waals surface area contributed by atoms with Crippen LogP contribution in [0.25, 0.3) is 0 Å². The number of benzene rings is 1. The number of aliphatic hydroxyl groups excluding tert-OH is 1. The highest BCUT2D eigenvalue weighted by molar-refractivity contribution is 5.27. The number of aliphatic hydroxyl groups is 1. The fraction of sp³-hybridized carbons (Fsp3) is 0.455. The van der Waals surface area contributed by atoms with Crippen LogP contribution in [0.15, 0.2) is 24.3 Å². The standard InChI is InChI=1S/C11H16O2/c1-2-4-10(12)7-9-5-3-6-11(13)8-9/h3,5-6,8,10,12-13H,2,4,7H2,1H3/t10-/m0/s1. The Labute approximate surface area is 78.8 Å². The van der Waals surface area contributed by atoms with Crippen molar-refractivity contribution in [3.05, 3.63) is 29.8 Å². The number of phenolic OH excluding ortho intramolecular Hbond substituents is 1. The minimum Gasteiger partial charge on any atom is -0.508 e. The molecule has 0 aliphatic heterocycles. The molecule has 0 radical (unpaired) electrons. The summed E-state index contributed by atoms with van der Waals surface area (Å²) in [5.41, 5.74) is 0.987. The van der Waals surface area contributed by atoms with Gasteiger partial charge >= 0.3 is 0 Å². The van der Waals surface area contributed by atoms with E-state index in [2.05, 4.69) is 0 Å². The molecule has 72 valence electrons. The highest BCUT2D eigenvalue weighted by Crippen LogP contribution is 2.13.